The molecule has 0 radical (unpaired) electrons. The fourth-order valence-electron chi connectivity index (χ4n) is 3.59. The zero-order valence-corrected chi connectivity index (χ0v) is 18.1. The molecule has 1 heterocycles. The van der Waals surface area contributed by atoms with Crippen LogP contribution in [0.2, 0.25) is 0 Å². The topological polar surface area (TPSA) is 52.0 Å². The first kappa shape index (κ1) is 20.8. The third-order valence-corrected chi connectivity index (χ3v) is 5.27. The summed E-state index contributed by atoms with van der Waals surface area (Å²) in [7, 11) is 1.71. The number of hydrogen-bond donors (Lipinski definition) is 1. The molecule has 3 aromatic carbocycles. The van der Waals surface area contributed by atoms with Gasteiger partial charge in [-0.1, -0.05) is 78.4 Å². The fourth-order valence-corrected chi connectivity index (χ4v) is 3.59. The normalized spacial score (nSPS) is 10.9. The Morgan fingerprint density at radius 3 is 2.39 bits per heavy atom. The molecule has 1 N–H and O–H groups in total. The Labute approximate surface area is 183 Å². The zero-order chi connectivity index (χ0) is 21.5. The molecule has 0 unspecified atom stereocenters. The summed E-state index contributed by atoms with van der Waals surface area (Å²) in [6.45, 7) is 4.24. The highest BCUT2D eigenvalue weighted by molar-refractivity contribution is 5.60. The smallest absolute Gasteiger partial charge is 0.122 e. The molecule has 5 heteroatoms. The number of aryl methyl sites for hydroxylation is 1. The maximum atomic E-state index is 5.45. The summed E-state index contributed by atoms with van der Waals surface area (Å²) in [5.41, 5.74) is 6.61. The number of aromatic nitrogens is 3. The van der Waals surface area contributed by atoms with Crippen LogP contribution in [0, 0.1) is 6.92 Å². The summed E-state index contributed by atoms with van der Waals surface area (Å²) in [5.74, 6) is 0.929. The van der Waals surface area contributed by atoms with Crippen molar-refractivity contribution < 1.29 is 4.74 Å². The maximum absolute atomic E-state index is 5.45. The highest BCUT2D eigenvalue weighted by Gasteiger charge is 2.13. The molecule has 0 fully saturated rings. The van der Waals surface area contributed by atoms with Crippen LogP contribution in [0.1, 0.15) is 22.4 Å². The number of para-hydroxylation sites is 1. The van der Waals surface area contributed by atoms with E-state index in [-0.39, 0.29) is 0 Å². The van der Waals surface area contributed by atoms with Crippen LogP contribution in [0.25, 0.3) is 11.3 Å². The summed E-state index contributed by atoms with van der Waals surface area (Å²) in [4.78, 5) is 1.80. The van der Waals surface area contributed by atoms with Crippen molar-refractivity contribution in [3.63, 3.8) is 0 Å². The van der Waals surface area contributed by atoms with Crippen molar-refractivity contribution in [2.75, 3.05) is 13.7 Å². The predicted octanol–water partition coefficient (Wildman–Crippen LogP) is 4.64. The fraction of sp³-hybridized carbons (Fsp3) is 0.231. The van der Waals surface area contributed by atoms with Gasteiger partial charge in [0.2, 0.25) is 0 Å². The van der Waals surface area contributed by atoms with Gasteiger partial charge in [-0.25, -0.2) is 0 Å². The summed E-state index contributed by atoms with van der Waals surface area (Å²) < 4.78 is 5.45. The quantitative estimate of drug-likeness (QED) is 0.407. The van der Waals surface area contributed by atoms with Crippen molar-refractivity contribution in [3.05, 3.63) is 101 Å². The van der Waals surface area contributed by atoms with Crippen LogP contribution in [0.15, 0.2) is 78.9 Å². The number of methoxy groups -OCH3 is 1. The molecule has 4 rings (SSSR count). The highest BCUT2D eigenvalue weighted by atomic mass is 16.5. The average molecular weight is 413 g/mol. The molecule has 158 valence electrons. The standard InChI is InChI=1S/C26H28N4O/c1-20-12-14-21(15-13-20)19-30-28-24(26(29-30)23-9-4-3-5-10-23)18-27-17-16-22-8-6-7-11-25(22)31-2/h3-15,27H,16-19H2,1-2H3. The Morgan fingerprint density at radius 1 is 0.871 bits per heavy atom. The molecule has 4 aromatic rings. The van der Waals surface area contributed by atoms with E-state index in [0.717, 1.165) is 35.7 Å². The summed E-state index contributed by atoms with van der Waals surface area (Å²) >= 11 is 0. The SMILES string of the molecule is COc1ccccc1CCNCc1nn(Cc2ccc(C)cc2)nc1-c1ccccc1. The van der Waals surface area contributed by atoms with Gasteiger partial charge in [-0.3, -0.25) is 0 Å². The van der Waals surface area contributed by atoms with Gasteiger partial charge in [0.1, 0.15) is 17.1 Å². The lowest BCUT2D eigenvalue weighted by Crippen LogP contribution is -2.18. The molecule has 0 saturated heterocycles. The number of hydrogen-bond acceptors (Lipinski definition) is 4. The van der Waals surface area contributed by atoms with Crippen LogP contribution in [0.4, 0.5) is 0 Å². The second kappa shape index (κ2) is 10.0. The monoisotopic (exact) mass is 412 g/mol. The Kier molecular flexibility index (Phi) is 6.75. The average Bonchev–Trinajstić information content (AvgIpc) is 3.21. The molecular weight excluding hydrogens is 384 g/mol. The van der Waals surface area contributed by atoms with Gasteiger partial charge in [-0.2, -0.15) is 15.0 Å². The van der Waals surface area contributed by atoms with E-state index in [1.807, 2.05) is 36.4 Å². The van der Waals surface area contributed by atoms with Gasteiger partial charge in [0.15, 0.2) is 0 Å². The highest BCUT2D eigenvalue weighted by Crippen LogP contribution is 2.21. The van der Waals surface area contributed by atoms with Gasteiger partial charge in [0.05, 0.1) is 13.7 Å². The van der Waals surface area contributed by atoms with Gasteiger partial charge in [-0.05, 0) is 37.1 Å². The number of nitrogens with one attached hydrogen (secondary N) is 1. The Bertz CT molecular complexity index is 1100. The first-order valence-corrected chi connectivity index (χ1v) is 10.6. The van der Waals surface area contributed by atoms with E-state index < -0.39 is 0 Å². The maximum Gasteiger partial charge on any atom is 0.122 e. The van der Waals surface area contributed by atoms with Crippen molar-refractivity contribution in [1.82, 2.24) is 20.3 Å². The molecule has 0 atom stereocenters. The molecule has 31 heavy (non-hydrogen) atoms. The molecule has 0 spiro atoms. The zero-order valence-electron chi connectivity index (χ0n) is 18.1. The van der Waals surface area contributed by atoms with E-state index >= 15 is 0 Å². The van der Waals surface area contributed by atoms with Gasteiger partial charge < -0.3 is 10.1 Å². The van der Waals surface area contributed by atoms with Crippen molar-refractivity contribution in [1.29, 1.82) is 0 Å². The number of rotatable bonds is 9. The first-order chi connectivity index (χ1) is 15.2. The van der Waals surface area contributed by atoms with E-state index in [4.69, 9.17) is 14.9 Å². The molecule has 0 saturated carbocycles. The third-order valence-electron chi connectivity index (χ3n) is 5.27. The second-order valence-electron chi connectivity index (χ2n) is 7.62. The van der Waals surface area contributed by atoms with E-state index in [1.165, 1.54) is 16.7 Å². The van der Waals surface area contributed by atoms with Crippen molar-refractivity contribution >= 4 is 0 Å². The van der Waals surface area contributed by atoms with Crippen LogP contribution in [0.3, 0.4) is 0 Å². The van der Waals surface area contributed by atoms with Crippen molar-refractivity contribution in [3.8, 4) is 17.0 Å². The van der Waals surface area contributed by atoms with Gasteiger partial charge in [-0.15, -0.1) is 0 Å². The van der Waals surface area contributed by atoms with Crippen LogP contribution in [-0.2, 0) is 19.5 Å². The predicted molar refractivity (Wildman–Crippen MR) is 124 cm³/mol. The first-order valence-electron chi connectivity index (χ1n) is 10.6. The number of nitrogens with zero attached hydrogens (tertiary/aromatic N) is 3. The third kappa shape index (κ3) is 5.38. The minimum absolute atomic E-state index is 0.654. The second-order valence-corrected chi connectivity index (χ2v) is 7.62. The minimum atomic E-state index is 0.654. The Morgan fingerprint density at radius 2 is 1.61 bits per heavy atom. The molecule has 0 aliphatic heterocycles. The van der Waals surface area contributed by atoms with Crippen molar-refractivity contribution in [2.24, 2.45) is 0 Å². The van der Waals surface area contributed by atoms with Crippen LogP contribution in [-0.4, -0.2) is 28.6 Å². The van der Waals surface area contributed by atoms with Crippen LogP contribution in [0.5, 0.6) is 5.75 Å². The van der Waals surface area contributed by atoms with E-state index in [0.29, 0.717) is 13.1 Å². The van der Waals surface area contributed by atoms with E-state index in [1.54, 1.807) is 11.9 Å². The molecule has 0 bridgehead atoms. The molecule has 5 nitrogen and oxygen atoms in total. The molecule has 0 amide bonds. The van der Waals surface area contributed by atoms with Gasteiger partial charge in [0, 0.05) is 12.1 Å². The summed E-state index contributed by atoms with van der Waals surface area (Å²) in [5, 5.41) is 13.1. The molecule has 0 aliphatic carbocycles. The molecule has 0 aliphatic rings. The van der Waals surface area contributed by atoms with Crippen molar-refractivity contribution in [2.45, 2.75) is 26.4 Å². The van der Waals surface area contributed by atoms with Crippen LogP contribution < -0.4 is 10.1 Å². The number of ether oxygens (including phenoxy) is 1. The molecule has 1 aromatic heterocycles. The van der Waals surface area contributed by atoms with E-state index in [2.05, 4.69) is 54.7 Å². The largest absolute Gasteiger partial charge is 0.496 e. The van der Waals surface area contributed by atoms with Gasteiger partial charge in [0.25, 0.3) is 0 Å². The molecular formula is C26H28N4O. The summed E-state index contributed by atoms with van der Waals surface area (Å²) in [6.07, 6.45) is 0.891. The van der Waals surface area contributed by atoms with Gasteiger partial charge >= 0.3 is 0 Å². The number of benzene rings is 3. The minimum Gasteiger partial charge on any atom is -0.496 e. The summed E-state index contributed by atoms with van der Waals surface area (Å²) in [6, 6.07) is 26.9. The van der Waals surface area contributed by atoms with Crippen LogP contribution >= 0.6 is 0 Å². The lowest BCUT2D eigenvalue weighted by molar-refractivity contribution is 0.409. The Hall–Kier alpha value is -3.44. The lowest BCUT2D eigenvalue weighted by atomic mass is 10.1. The van der Waals surface area contributed by atoms with E-state index in [9.17, 15) is 0 Å². The lowest BCUT2D eigenvalue weighted by Gasteiger charge is -2.08. The Balaban J connectivity index is 1.47.